The Morgan fingerprint density at radius 3 is 2.95 bits per heavy atom. The van der Waals surface area contributed by atoms with Crippen LogP contribution in [0.3, 0.4) is 0 Å². The fourth-order valence-electron chi connectivity index (χ4n) is 1.46. The lowest BCUT2D eigenvalue weighted by atomic mass is 10.3. The molecule has 1 amide bonds. The highest BCUT2D eigenvalue weighted by Gasteiger charge is 2.21. The Morgan fingerprint density at radius 1 is 1.53 bits per heavy atom. The second-order valence-electron chi connectivity index (χ2n) is 3.86. The largest absolute Gasteiger partial charge is 0.300 e. The van der Waals surface area contributed by atoms with Crippen molar-refractivity contribution in [2.45, 2.75) is 30.5 Å². The van der Waals surface area contributed by atoms with Crippen molar-refractivity contribution in [3.63, 3.8) is 0 Å². The summed E-state index contributed by atoms with van der Waals surface area (Å²) in [5.41, 5.74) is 0. The summed E-state index contributed by atoms with van der Waals surface area (Å²) in [5.74, 6) is -0.0408. The summed E-state index contributed by atoms with van der Waals surface area (Å²) in [7, 11) is 0. The number of aryl methyl sites for hydroxylation is 1. The van der Waals surface area contributed by atoms with Gasteiger partial charge in [0.1, 0.15) is 5.01 Å². The Kier molecular flexibility index (Phi) is 4.86. The monoisotopic (exact) mass is 295 g/mol. The van der Waals surface area contributed by atoms with Crippen molar-refractivity contribution < 1.29 is 9.78 Å². The van der Waals surface area contributed by atoms with Crippen LogP contribution in [0.5, 0.6) is 0 Å². The number of aromatic nitrogens is 3. The number of hydrogen-bond donors (Lipinski definition) is 1. The minimum absolute atomic E-state index is 0.0408. The number of nitrogens with one attached hydrogen (secondary N) is 2. The maximum atomic E-state index is 12.2. The minimum atomic E-state index is -0.150. The Bertz CT molecular complexity index is 544. The third-order valence-corrected chi connectivity index (χ3v) is 4.46. The van der Waals surface area contributed by atoms with Crippen LogP contribution in [0.1, 0.15) is 18.4 Å². The molecular formula is C12H15N4OS2+. The molecule has 2 N–H and O–H groups in total. The van der Waals surface area contributed by atoms with E-state index in [1.807, 2.05) is 38.2 Å². The van der Waals surface area contributed by atoms with Crippen molar-refractivity contribution in [1.82, 2.24) is 10.2 Å². The number of amides is 1. The van der Waals surface area contributed by atoms with Gasteiger partial charge in [0.15, 0.2) is 6.20 Å². The normalized spacial score (nSPS) is 12.1. The van der Waals surface area contributed by atoms with E-state index in [2.05, 4.69) is 20.5 Å². The van der Waals surface area contributed by atoms with Gasteiger partial charge in [0, 0.05) is 12.1 Å². The van der Waals surface area contributed by atoms with Crippen LogP contribution < -0.4 is 10.3 Å². The summed E-state index contributed by atoms with van der Waals surface area (Å²) in [4.78, 5) is 15.3. The van der Waals surface area contributed by atoms with Crippen LogP contribution in [-0.2, 0) is 4.79 Å². The van der Waals surface area contributed by atoms with Crippen molar-refractivity contribution in [2.75, 3.05) is 5.32 Å². The van der Waals surface area contributed by atoms with Gasteiger partial charge in [0.25, 0.3) is 0 Å². The summed E-state index contributed by atoms with van der Waals surface area (Å²) >= 11 is 2.89. The van der Waals surface area contributed by atoms with Crippen LogP contribution in [-0.4, -0.2) is 21.4 Å². The number of carbonyl (C=O) groups is 1. The number of carbonyl (C=O) groups excluding carboxylic acids is 1. The molecule has 0 aromatic carbocycles. The highest BCUT2D eigenvalue weighted by Crippen LogP contribution is 2.23. The number of H-pyrrole nitrogens is 1. The van der Waals surface area contributed by atoms with Crippen molar-refractivity contribution in [1.29, 1.82) is 0 Å². The van der Waals surface area contributed by atoms with Crippen LogP contribution in [0.4, 0.5) is 5.13 Å². The lowest BCUT2D eigenvalue weighted by Gasteiger charge is -2.10. The fourth-order valence-corrected chi connectivity index (χ4v) is 2.99. The van der Waals surface area contributed by atoms with Crippen LogP contribution >= 0.6 is 23.1 Å². The molecule has 100 valence electrons. The molecule has 0 aliphatic carbocycles. The zero-order valence-corrected chi connectivity index (χ0v) is 12.3. The van der Waals surface area contributed by atoms with E-state index in [0.29, 0.717) is 5.13 Å². The Morgan fingerprint density at radius 2 is 2.37 bits per heavy atom. The van der Waals surface area contributed by atoms with E-state index in [9.17, 15) is 4.79 Å². The van der Waals surface area contributed by atoms with Gasteiger partial charge < -0.3 is 0 Å². The first-order valence-corrected chi connectivity index (χ1v) is 7.63. The summed E-state index contributed by atoms with van der Waals surface area (Å²) < 4.78 is 0. The van der Waals surface area contributed by atoms with Gasteiger partial charge in [-0.1, -0.05) is 18.3 Å². The lowest BCUT2D eigenvalue weighted by molar-refractivity contribution is -0.426. The number of aromatic amines is 1. The molecule has 0 aliphatic rings. The van der Waals surface area contributed by atoms with Gasteiger partial charge in [-0.05, 0) is 31.2 Å². The molecule has 19 heavy (non-hydrogen) atoms. The molecule has 0 spiro atoms. The summed E-state index contributed by atoms with van der Waals surface area (Å²) in [6, 6.07) is 5.81. The maximum absolute atomic E-state index is 12.2. The van der Waals surface area contributed by atoms with Crippen LogP contribution in [0, 0.1) is 6.92 Å². The smallest absolute Gasteiger partial charge is 0.239 e. The number of pyridine rings is 1. The second kappa shape index (κ2) is 6.63. The van der Waals surface area contributed by atoms with E-state index in [0.717, 1.165) is 16.5 Å². The predicted octanol–water partition coefficient (Wildman–Crippen LogP) is 2.17. The van der Waals surface area contributed by atoms with Crippen LogP contribution in [0.2, 0.25) is 0 Å². The van der Waals surface area contributed by atoms with Gasteiger partial charge in [0.05, 0.1) is 5.25 Å². The molecule has 0 radical (unpaired) electrons. The van der Waals surface area contributed by atoms with Crippen molar-refractivity contribution in [3.05, 3.63) is 29.4 Å². The summed E-state index contributed by atoms with van der Waals surface area (Å²) in [6.45, 7) is 3.85. The molecule has 1 atom stereocenters. The van der Waals surface area contributed by atoms with E-state index in [1.54, 1.807) is 0 Å². The number of thioether (sulfide) groups is 1. The highest BCUT2D eigenvalue weighted by atomic mass is 32.2. The van der Waals surface area contributed by atoms with Gasteiger partial charge >= 0.3 is 0 Å². The van der Waals surface area contributed by atoms with E-state index in [-0.39, 0.29) is 11.2 Å². The number of rotatable bonds is 5. The third-order valence-electron chi connectivity index (χ3n) is 2.37. The molecule has 0 saturated carbocycles. The van der Waals surface area contributed by atoms with Gasteiger partial charge in [-0.25, -0.2) is 4.98 Å². The molecule has 0 aliphatic heterocycles. The highest BCUT2D eigenvalue weighted by molar-refractivity contribution is 8.00. The molecule has 2 aromatic heterocycles. The lowest BCUT2D eigenvalue weighted by Crippen LogP contribution is -2.25. The predicted molar refractivity (Wildman–Crippen MR) is 76.2 cm³/mol. The third kappa shape index (κ3) is 4.00. The second-order valence-corrected chi connectivity index (χ2v) is 6.28. The number of hydrogen-bond acceptors (Lipinski definition) is 5. The zero-order valence-electron chi connectivity index (χ0n) is 10.7. The van der Waals surface area contributed by atoms with E-state index in [1.165, 1.54) is 23.1 Å². The molecule has 2 rings (SSSR count). The van der Waals surface area contributed by atoms with Crippen LogP contribution in [0.25, 0.3) is 0 Å². The topological polar surface area (TPSA) is 69.0 Å². The first kappa shape index (κ1) is 14.0. The Hall–Kier alpha value is -1.47. The van der Waals surface area contributed by atoms with Crippen LogP contribution in [0.15, 0.2) is 29.4 Å². The zero-order chi connectivity index (χ0) is 13.7. The summed E-state index contributed by atoms with van der Waals surface area (Å²) in [5, 5.41) is 12.8. The molecular weight excluding hydrogens is 280 g/mol. The molecule has 0 saturated heterocycles. The van der Waals surface area contributed by atoms with Gasteiger partial charge in [0.2, 0.25) is 16.1 Å². The summed E-state index contributed by atoms with van der Waals surface area (Å²) in [6.07, 6.45) is 2.60. The number of anilines is 1. The molecule has 0 bridgehead atoms. The van der Waals surface area contributed by atoms with Gasteiger partial charge in [-0.3, -0.25) is 10.1 Å². The van der Waals surface area contributed by atoms with Crippen molar-refractivity contribution in [3.8, 4) is 0 Å². The number of nitrogens with zero attached hydrogens (tertiary/aromatic N) is 2. The minimum Gasteiger partial charge on any atom is -0.300 e. The molecule has 2 aromatic rings. The molecule has 5 nitrogen and oxygen atoms in total. The van der Waals surface area contributed by atoms with E-state index < -0.39 is 0 Å². The molecule has 0 fully saturated rings. The SMILES string of the molecule is CCC(Sc1cccc[nH+]1)C(=O)Nc1nnc(C)s1. The Labute approximate surface area is 119 Å². The van der Waals surface area contributed by atoms with Crippen molar-refractivity contribution >= 4 is 34.1 Å². The van der Waals surface area contributed by atoms with E-state index >= 15 is 0 Å². The molecule has 7 heteroatoms. The van der Waals surface area contributed by atoms with E-state index in [4.69, 9.17) is 0 Å². The molecule has 1 unspecified atom stereocenters. The fraction of sp³-hybridized carbons (Fsp3) is 0.333. The average Bonchev–Trinajstić information content (AvgIpc) is 2.82. The first-order valence-electron chi connectivity index (χ1n) is 5.93. The standard InChI is InChI=1S/C12H14N4OS2/c1-3-9(19-10-6-4-5-7-13-10)11(17)14-12-16-15-8(2)18-12/h4-7,9H,3H2,1-2H3,(H,14,16,17)/p+1. The first-order chi connectivity index (χ1) is 9.19. The van der Waals surface area contributed by atoms with Gasteiger partial charge in [-0.15, -0.1) is 10.2 Å². The maximum Gasteiger partial charge on any atom is 0.239 e. The van der Waals surface area contributed by atoms with Gasteiger partial charge in [-0.2, -0.15) is 0 Å². The van der Waals surface area contributed by atoms with Crippen molar-refractivity contribution in [2.24, 2.45) is 0 Å². The quantitative estimate of drug-likeness (QED) is 0.858. The molecule has 2 heterocycles. The Balaban J connectivity index is 1.99. The average molecular weight is 295 g/mol.